The van der Waals surface area contributed by atoms with Gasteiger partial charge in [-0.1, -0.05) is 6.07 Å². The van der Waals surface area contributed by atoms with E-state index in [1.807, 2.05) is 17.5 Å². The predicted molar refractivity (Wildman–Crippen MR) is 163 cm³/mol. The van der Waals surface area contributed by atoms with E-state index in [1.54, 1.807) is 20.2 Å². The number of Topliss-reactive ketones (excluding diaryl/α,β-unsaturated/α-hetero) is 2. The molecule has 2 amide bonds. The first-order chi connectivity index (χ1) is 21.4. The van der Waals surface area contributed by atoms with Crippen molar-refractivity contribution in [1.29, 1.82) is 0 Å². The van der Waals surface area contributed by atoms with Crippen LogP contribution in [0.15, 0.2) is 40.5 Å². The summed E-state index contributed by atoms with van der Waals surface area (Å²) in [6.07, 6.45) is 1.87. The van der Waals surface area contributed by atoms with E-state index in [-0.39, 0.29) is 36.2 Å². The molecule has 4 aliphatic rings. The summed E-state index contributed by atoms with van der Waals surface area (Å²) in [4.78, 5) is 60.5. The predicted octanol–water partition coefficient (Wildman–Crippen LogP) is 1.66. The highest BCUT2D eigenvalue weighted by molar-refractivity contribution is 7.13. The quantitative estimate of drug-likeness (QED) is 0.198. The van der Waals surface area contributed by atoms with Crippen molar-refractivity contribution in [2.75, 3.05) is 39.1 Å². The molecule has 238 valence electrons. The van der Waals surface area contributed by atoms with Crippen LogP contribution >= 0.6 is 11.3 Å². The molecule has 0 radical (unpaired) electrons. The van der Waals surface area contributed by atoms with Gasteiger partial charge in [-0.15, -0.1) is 11.3 Å². The van der Waals surface area contributed by atoms with Gasteiger partial charge in [0.1, 0.15) is 29.4 Å². The van der Waals surface area contributed by atoms with E-state index in [1.165, 1.54) is 21.3 Å². The molecule has 0 spiro atoms. The van der Waals surface area contributed by atoms with Crippen molar-refractivity contribution < 1.29 is 44.4 Å². The van der Waals surface area contributed by atoms with Crippen LogP contribution in [0.5, 0.6) is 5.75 Å². The number of likely N-dealkylation sites (N-methyl/N-ethyl adjacent to an activating group) is 1. The zero-order valence-electron chi connectivity index (χ0n) is 24.7. The number of primary amides is 1. The summed E-state index contributed by atoms with van der Waals surface area (Å²) in [5.41, 5.74) is 2.55. The first-order valence-electron chi connectivity index (χ1n) is 14.6. The Morgan fingerprint density at radius 1 is 1.22 bits per heavy atom. The Hall–Kier alpha value is -4.08. The van der Waals surface area contributed by atoms with Gasteiger partial charge in [0, 0.05) is 22.9 Å². The zero-order valence-corrected chi connectivity index (χ0v) is 25.5. The Bertz CT molecular complexity index is 1680. The number of aliphatic hydroxyl groups is 3. The van der Waals surface area contributed by atoms with Gasteiger partial charge in [0.25, 0.3) is 5.91 Å². The van der Waals surface area contributed by atoms with Gasteiger partial charge in [-0.25, -0.2) is 0 Å². The number of benzene rings is 1. The maximum atomic E-state index is 14.2. The molecular formula is C31H34N4O9S. The van der Waals surface area contributed by atoms with E-state index in [2.05, 4.69) is 5.32 Å². The average Bonchev–Trinajstić information content (AvgIpc) is 3.51. The molecule has 1 saturated heterocycles. The lowest BCUT2D eigenvalue weighted by atomic mass is 9.57. The number of carbonyl (C=O) groups excluding carboxylic acids is 4. The largest absolute Gasteiger partial charge is 0.508 e. The molecule has 7 N–H and O–H groups in total. The number of thiophene rings is 1. The van der Waals surface area contributed by atoms with Crippen LogP contribution in [0.4, 0.5) is 5.69 Å². The standard InChI is InChI=1S/C31H34N4O9S/c1-34(2)24-17-11-14-10-16-15(19-6-5-9-45-19)12-18(33-20(36)13-35-7-3-4-8-44-35)25(37)22(16)26(38)21(14)28(40)31(17,43)29(41)23(27(24)39)30(32)42/h5-6,9,12,14,17,24,37-38,41,43H,3-4,7-8,10-11,13H2,1-2H3,(H2,32,42)(H,33,36)/t14?,17?,24-,31-/m0/s1. The normalized spacial score (nSPS) is 26.9. The highest BCUT2D eigenvalue weighted by atomic mass is 32.1. The average molecular weight is 639 g/mol. The summed E-state index contributed by atoms with van der Waals surface area (Å²) in [6, 6.07) is 4.13. The van der Waals surface area contributed by atoms with Crippen molar-refractivity contribution in [3.05, 3.63) is 51.6 Å². The second-order valence-electron chi connectivity index (χ2n) is 12.1. The molecule has 2 aromatic rings. The number of aromatic hydroxyl groups is 1. The number of hydroxylamine groups is 2. The third kappa shape index (κ3) is 4.84. The molecule has 2 heterocycles. The number of nitrogens with zero attached hydrogens (tertiary/aromatic N) is 2. The van der Waals surface area contributed by atoms with Gasteiger partial charge in [0.15, 0.2) is 11.4 Å². The Balaban J connectivity index is 1.49. The maximum absolute atomic E-state index is 14.2. The highest BCUT2D eigenvalue weighted by Gasteiger charge is 2.64. The second-order valence-corrected chi connectivity index (χ2v) is 13.0. The van der Waals surface area contributed by atoms with Crippen LogP contribution in [0.3, 0.4) is 0 Å². The molecule has 14 heteroatoms. The van der Waals surface area contributed by atoms with E-state index in [0.29, 0.717) is 24.3 Å². The molecular weight excluding hydrogens is 604 g/mol. The summed E-state index contributed by atoms with van der Waals surface area (Å²) in [7, 11) is 3.10. The maximum Gasteiger partial charge on any atom is 0.255 e. The Morgan fingerprint density at radius 3 is 2.60 bits per heavy atom. The molecule has 1 saturated carbocycles. The molecule has 1 aromatic heterocycles. The molecule has 2 fully saturated rings. The number of nitrogens with two attached hydrogens (primary N) is 1. The molecule has 13 nitrogen and oxygen atoms in total. The van der Waals surface area contributed by atoms with Crippen LogP contribution in [0, 0.1) is 11.8 Å². The lowest BCUT2D eigenvalue weighted by molar-refractivity contribution is -0.182. The Labute approximate surface area is 262 Å². The number of anilines is 1. The van der Waals surface area contributed by atoms with Crippen LogP contribution in [0.2, 0.25) is 0 Å². The van der Waals surface area contributed by atoms with E-state index in [0.717, 1.165) is 17.7 Å². The first kappa shape index (κ1) is 30.9. The SMILES string of the molecule is CN(C)[C@@H]1C(=O)C(C(N)=O)=C(O)[C@@]2(O)C(=O)C3=C(O)c4c(O)c(NC(=O)CN5CCCCO5)cc(-c5cccs5)c4CC3CC12. The number of hydrogen-bond acceptors (Lipinski definition) is 12. The number of amides is 2. The van der Waals surface area contributed by atoms with Gasteiger partial charge in [-0.05, 0) is 74.3 Å². The molecule has 3 aliphatic carbocycles. The summed E-state index contributed by atoms with van der Waals surface area (Å²) < 4.78 is 0. The summed E-state index contributed by atoms with van der Waals surface area (Å²) >= 11 is 1.41. The van der Waals surface area contributed by atoms with E-state index in [9.17, 15) is 39.6 Å². The van der Waals surface area contributed by atoms with Crippen molar-refractivity contribution in [1.82, 2.24) is 9.96 Å². The van der Waals surface area contributed by atoms with Gasteiger partial charge < -0.3 is 31.5 Å². The van der Waals surface area contributed by atoms with Crippen LogP contribution in [0.25, 0.3) is 16.2 Å². The van der Waals surface area contributed by atoms with Gasteiger partial charge in [0.2, 0.25) is 11.7 Å². The van der Waals surface area contributed by atoms with Crippen molar-refractivity contribution in [3.63, 3.8) is 0 Å². The molecule has 1 aliphatic heterocycles. The van der Waals surface area contributed by atoms with Gasteiger partial charge >= 0.3 is 0 Å². The highest BCUT2D eigenvalue weighted by Crippen LogP contribution is 2.55. The van der Waals surface area contributed by atoms with Crippen LogP contribution < -0.4 is 11.1 Å². The van der Waals surface area contributed by atoms with Gasteiger partial charge in [-0.3, -0.25) is 28.9 Å². The number of carbonyl (C=O) groups is 4. The van der Waals surface area contributed by atoms with Gasteiger partial charge in [0.05, 0.1) is 23.9 Å². The third-order valence-corrected chi connectivity index (χ3v) is 10.1. The second kappa shape index (κ2) is 11.4. The topological polar surface area (TPSA) is 203 Å². The van der Waals surface area contributed by atoms with Crippen molar-refractivity contribution >= 4 is 46.2 Å². The van der Waals surface area contributed by atoms with E-state index >= 15 is 0 Å². The lowest BCUT2D eigenvalue weighted by Crippen LogP contribution is -2.65. The summed E-state index contributed by atoms with van der Waals surface area (Å²) in [6.45, 7) is 0.981. The minimum atomic E-state index is -2.74. The van der Waals surface area contributed by atoms with Crippen molar-refractivity contribution in [2.24, 2.45) is 17.6 Å². The molecule has 4 atom stereocenters. The zero-order chi connectivity index (χ0) is 32.4. The van der Waals surface area contributed by atoms with E-state index in [4.69, 9.17) is 10.6 Å². The van der Waals surface area contributed by atoms with E-state index < -0.39 is 69.7 Å². The number of phenols is 1. The van der Waals surface area contributed by atoms with Crippen LogP contribution in [-0.4, -0.2) is 99.2 Å². The monoisotopic (exact) mass is 638 g/mol. The number of aliphatic hydroxyl groups excluding tert-OH is 2. The van der Waals surface area contributed by atoms with Gasteiger partial charge in [-0.2, -0.15) is 5.06 Å². The first-order valence-corrected chi connectivity index (χ1v) is 15.5. The molecule has 6 rings (SSSR count). The van der Waals surface area contributed by atoms with Crippen LogP contribution in [-0.2, 0) is 30.4 Å². The number of nitrogens with one attached hydrogen (secondary N) is 1. The fourth-order valence-electron chi connectivity index (χ4n) is 7.18. The van der Waals surface area contributed by atoms with Crippen LogP contribution in [0.1, 0.15) is 30.4 Å². The summed E-state index contributed by atoms with van der Waals surface area (Å²) in [5, 5.41) is 52.2. The number of ketones is 2. The number of hydrogen-bond donors (Lipinski definition) is 6. The molecule has 2 unspecified atom stereocenters. The third-order valence-electron chi connectivity index (χ3n) is 9.18. The number of fused-ring (bicyclic) bond motifs is 3. The fourth-order valence-corrected chi connectivity index (χ4v) is 7.95. The Morgan fingerprint density at radius 2 is 1.98 bits per heavy atom. The fraction of sp³-hybridized carbons (Fsp3) is 0.419. The Kier molecular flexibility index (Phi) is 7.82. The number of rotatable bonds is 6. The number of phenolic OH excluding ortho intramolecular Hbond substituents is 1. The molecule has 0 bridgehead atoms. The van der Waals surface area contributed by atoms with Crippen molar-refractivity contribution in [2.45, 2.75) is 37.3 Å². The minimum absolute atomic E-state index is 0.000649. The minimum Gasteiger partial charge on any atom is -0.508 e. The smallest absolute Gasteiger partial charge is 0.255 e. The molecule has 45 heavy (non-hydrogen) atoms. The lowest BCUT2D eigenvalue weighted by Gasteiger charge is -2.50. The summed E-state index contributed by atoms with van der Waals surface area (Å²) in [5.74, 6) is -7.83. The van der Waals surface area contributed by atoms with Crippen molar-refractivity contribution in [3.8, 4) is 16.2 Å². The molecule has 1 aromatic carbocycles.